The number of aromatic nitrogens is 3. The Kier molecular flexibility index (Phi) is 4.84. The third-order valence-electron chi connectivity index (χ3n) is 8.15. The number of nitrogens with zero attached hydrogens (tertiary/aromatic N) is 4. The number of fused-ring (bicyclic) bond motifs is 2. The molecule has 0 bridgehead atoms. The van der Waals surface area contributed by atoms with Crippen LogP contribution in [0.1, 0.15) is 80.8 Å². The maximum atomic E-state index is 13.3. The number of nitrogens with one attached hydrogen (secondary N) is 1. The van der Waals surface area contributed by atoms with Crippen molar-refractivity contribution in [2.75, 3.05) is 13.1 Å². The summed E-state index contributed by atoms with van der Waals surface area (Å²) in [4.78, 5) is 47.7. The minimum Gasteiger partial charge on any atom is -0.337 e. The van der Waals surface area contributed by atoms with Crippen LogP contribution in [0.25, 0.3) is 5.65 Å². The van der Waals surface area contributed by atoms with E-state index in [1.54, 1.807) is 0 Å². The van der Waals surface area contributed by atoms with Gasteiger partial charge >= 0.3 is 0 Å². The summed E-state index contributed by atoms with van der Waals surface area (Å²) in [5.41, 5.74) is 2.83. The average molecular weight is 438 g/mol. The van der Waals surface area contributed by atoms with E-state index >= 15 is 0 Å². The monoisotopic (exact) mass is 437 g/mol. The molecule has 2 aromatic rings. The van der Waals surface area contributed by atoms with Crippen molar-refractivity contribution in [1.29, 1.82) is 0 Å². The molecule has 2 aliphatic heterocycles. The van der Waals surface area contributed by atoms with E-state index in [0.717, 1.165) is 75.7 Å². The average Bonchev–Trinajstić information content (AvgIpc) is 3.15. The molecular weight excluding hydrogens is 406 g/mol. The van der Waals surface area contributed by atoms with Crippen molar-refractivity contribution in [2.24, 2.45) is 11.8 Å². The maximum Gasteiger partial charge on any atom is 0.277 e. The third-order valence-corrected chi connectivity index (χ3v) is 8.15. The minimum atomic E-state index is -0.116. The van der Waals surface area contributed by atoms with Gasteiger partial charge in [-0.05, 0) is 44.9 Å². The molecule has 170 valence electrons. The smallest absolute Gasteiger partial charge is 0.277 e. The van der Waals surface area contributed by atoms with Gasteiger partial charge < -0.3 is 9.80 Å². The largest absolute Gasteiger partial charge is 0.337 e. The topological polar surface area (TPSA) is 90.8 Å². The van der Waals surface area contributed by atoms with E-state index in [9.17, 15) is 14.4 Å². The Balaban J connectivity index is 1.31. The molecule has 2 saturated carbocycles. The first kappa shape index (κ1) is 20.0. The molecule has 1 saturated heterocycles. The van der Waals surface area contributed by atoms with Gasteiger partial charge in [-0.2, -0.15) is 0 Å². The van der Waals surface area contributed by atoms with Gasteiger partial charge in [-0.25, -0.2) is 9.50 Å². The van der Waals surface area contributed by atoms with Crippen LogP contribution < -0.4 is 5.56 Å². The van der Waals surface area contributed by atoms with Crippen LogP contribution >= 0.6 is 0 Å². The lowest BCUT2D eigenvalue weighted by Gasteiger charge is -2.39. The number of hydrogen-bond acceptors (Lipinski definition) is 4. The zero-order valence-electron chi connectivity index (χ0n) is 18.5. The molecule has 4 heterocycles. The fraction of sp³-hybridized carbons (Fsp3) is 0.667. The lowest BCUT2D eigenvalue weighted by Crippen LogP contribution is -2.44. The summed E-state index contributed by atoms with van der Waals surface area (Å²) in [5.74, 6) is 0.765. The minimum absolute atomic E-state index is 0.0216. The maximum absolute atomic E-state index is 13.3. The van der Waals surface area contributed by atoms with Crippen LogP contribution in [0.5, 0.6) is 0 Å². The summed E-state index contributed by atoms with van der Waals surface area (Å²) in [6.45, 7) is 1.77. The molecule has 8 nitrogen and oxygen atoms in total. The number of amides is 2. The van der Waals surface area contributed by atoms with Crippen molar-refractivity contribution in [3.63, 3.8) is 0 Å². The molecule has 4 aliphatic rings. The number of aromatic amines is 1. The Morgan fingerprint density at radius 3 is 2.41 bits per heavy atom. The fourth-order valence-electron chi connectivity index (χ4n) is 5.68. The molecule has 1 unspecified atom stereocenters. The van der Waals surface area contributed by atoms with Gasteiger partial charge in [0.05, 0.1) is 29.5 Å². The summed E-state index contributed by atoms with van der Waals surface area (Å²) in [7, 11) is 0. The van der Waals surface area contributed by atoms with Gasteiger partial charge in [0.15, 0.2) is 5.65 Å². The number of rotatable bonds is 3. The lowest BCUT2D eigenvalue weighted by atomic mass is 9.83. The first-order valence-corrected chi connectivity index (χ1v) is 12.3. The number of H-pyrrole nitrogens is 1. The van der Waals surface area contributed by atoms with Crippen molar-refractivity contribution in [3.05, 3.63) is 33.4 Å². The summed E-state index contributed by atoms with van der Waals surface area (Å²) in [5, 5.41) is 3.28. The van der Waals surface area contributed by atoms with Crippen LogP contribution in [0, 0.1) is 11.8 Å². The second-order valence-corrected chi connectivity index (χ2v) is 10.1. The van der Waals surface area contributed by atoms with Crippen LogP contribution in [-0.4, -0.2) is 49.3 Å². The van der Waals surface area contributed by atoms with E-state index in [2.05, 4.69) is 5.10 Å². The molecule has 3 fully saturated rings. The second kappa shape index (κ2) is 7.74. The van der Waals surface area contributed by atoms with Crippen LogP contribution in [0.2, 0.25) is 0 Å². The van der Waals surface area contributed by atoms with Crippen LogP contribution in [0.3, 0.4) is 0 Å². The van der Waals surface area contributed by atoms with Crippen molar-refractivity contribution >= 4 is 17.5 Å². The Morgan fingerprint density at radius 1 is 0.938 bits per heavy atom. The Hall–Kier alpha value is -2.64. The van der Waals surface area contributed by atoms with E-state index in [4.69, 9.17) is 4.98 Å². The molecule has 2 aromatic heterocycles. The SMILES string of the molecule is O=C(C1CCC1)N1CCc2nc3cc(C4CCCCN4C(=O)C4CCC4)[nH]n3c(=O)c2C1. The van der Waals surface area contributed by atoms with Crippen molar-refractivity contribution in [1.82, 2.24) is 24.4 Å². The zero-order valence-corrected chi connectivity index (χ0v) is 18.5. The van der Waals surface area contributed by atoms with Gasteiger partial charge in [-0.15, -0.1) is 0 Å². The van der Waals surface area contributed by atoms with Gasteiger partial charge in [-0.3, -0.25) is 19.5 Å². The lowest BCUT2D eigenvalue weighted by molar-refractivity contribution is -0.142. The molecule has 0 aromatic carbocycles. The van der Waals surface area contributed by atoms with Gasteiger partial charge in [0, 0.05) is 37.4 Å². The van der Waals surface area contributed by atoms with Gasteiger partial charge in [0.25, 0.3) is 5.56 Å². The number of carbonyl (C=O) groups is 2. The van der Waals surface area contributed by atoms with Gasteiger partial charge in [-0.1, -0.05) is 12.8 Å². The van der Waals surface area contributed by atoms with Crippen molar-refractivity contribution in [3.8, 4) is 0 Å². The van der Waals surface area contributed by atoms with Crippen LogP contribution in [0.4, 0.5) is 0 Å². The molecule has 2 aliphatic carbocycles. The highest BCUT2D eigenvalue weighted by atomic mass is 16.2. The quantitative estimate of drug-likeness (QED) is 0.799. The molecule has 2 amide bonds. The van der Waals surface area contributed by atoms with E-state index in [0.29, 0.717) is 30.7 Å². The molecule has 6 rings (SSSR count). The van der Waals surface area contributed by atoms with Crippen LogP contribution in [0.15, 0.2) is 10.9 Å². The predicted molar refractivity (Wildman–Crippen MR) is 118 cm³/mol. The second-order valence-electron chi connectivity index (χ2n) is 10.1. The fourth-order valence-corrected chi connectivity index (χ4v) is 5.68. The molecular formula is C24H31N5O3. The van der Waals surface area contributed by atoms with E-state index in [1.807, 2.05) is 15.9 Å². The summed E-state index contributed by atoms with van der Waals surface area (Å²) in [6, 6.07) is 1.93. The summed E-state index contributed by atoms with van der Waals surface area (Å²) in [6.07, 6.45) is 9.84. The molecule has 8 heteroatoms. The highest BCUT2D eigenvalue weighted by Gasteiger charge is 2.36. The molecule has 0 spiro atoms. The third kappa shape index (κ3) is 3.18. The number of likely N-dealkylation sites (tertiary alicyclic amines) is 1. The number of carbonyl (C=O) groups excluding carboxylic acids is 2. The predicted octanol–water partition coefficient (Wildman–Crippen LogP) is 2.56. The summed E-state index contributed by atoms with van der Waals surface area (Å²) < 4.78 is 1.52. The Bertz CT molecular complexity index is 1130. The van der Waals surface area contributed by atoms with Crippen molar-refractivity contribution in [2.45, 2.75) is 76.8 Å². The van der Waals surface area contributed by atoms with Crippen molar-refractivity contribution < 1.29 is 9.59 Å². The first-order valence-electron chi connectivity index (χ1n) is 12.3. The number of hydrogen-bond donors (Lipinski definition) is 1. The highest BCUT2D eigenvalue weighted by molar-refractivity contribution is 5.80. The highest BCUT2D eigenvalue weighted by Crippen LogP contribution is 2.36. The molecule has 1 atom stereocenters. The summed E-state index contributed by atoms with van der Waals surface area (Å²) >= 11 is 0. The first-order chi connectivity index (χ1) is 15.6. The van der Waals surface area contributed by atoms with Gasteiger partial charge in [0.1, 0.15) is 0 Å². The Labute approximate surface area is 187 Å². The standard InChI is InChI=1S/C24H31N5O3/c30-22(15-5-3-6-15)27-12-10-18-17(14-27)24(32)29-21(25-18)13-19(26-29)20-9-1-2-11-28(20)23(31)16-7-4-8-16/h13,15-16,20,26H,1-12,14H2. The van der Waals surface area contributed by atoms with E-state index in [1.165, 1.54) is 4.52 Å². The van der Waals surface area contributed by atoms with Gasteiger partial charge in [0.2, 0.25) is 11.8 Å². The molecule has 0 radical (unpaired) electrons. The zero-order chi connectivity index (χ0) is 21.8. The number of piperidine rings is 1. The molecule has 32 heavy (non-hydrogen) atoms. The normalized spacial score (nSPS) is 24.2. The van der Waals surface area contributed by atoms with Crippen LogP contribution in [-0.2, 0) is 22.6 Å². The van der Waals surface area contributed by atoms with E-state index < -0.39 is 0 Å². The molecule has 1 N–H and O–H groups in total. The Morgan fingerprint density at radius 2 is 1.69 bits per heavy atom. The van der Waals surface area contributed by atoms with E-state index in [-0.39, 0.29) is 35.3 Å².